The van der Waals surface area contributed by atoms with Gasteiger partial charge in [0.15, 0.2) is 0 Å². The average Bonchev–Trinajstić information content (AvgIpc) is 2.93. The molecule has 0 bridgehead atoms. The molecule has 1 saturated heterocycles. The summed E-state index contributed by atoms with van der Waals surface area (Å²) in [6.07, 6.45) is 0. The fraction of sp³-hybridized carbons (Fsp3) is 0.294. The van der Waals surface area contributed by atoms with Crippen molar-refractivity contribution in [1.82, 2.24) is 4.31 Å². The van der Waals surface area contributed by atoms with Crippen molar-refractivity contribution in [3.05, 3.63) is 64.1 Å². The minimum Gasteiger partial charge on any atom is -0.326 e. The molecule has 1 fully saturated rings. The molecule has 0 unspecified atom stereocenters. The van der Waals surface area contributed by atoms with Crippen LogP contribution in [0.3, 0.4) is 0 Å². The van der Waals surface area contributed by atoms with Crippen LogP contribution in [-0.4, -0.2) is 31.9 Å². The van der Waals surface area contributed by atoms with E-state index >= 15 is 0 Å². The van der Waals surface area contributed by atoms with Gasteiger partial charge in [-0.3, -0.25) is 0 Å². The topological polar surface area (TPSA) is 63.4 Å². The molecular weight excluding hydrogens is 412 g/mol. The maximum Gasteiger partial charge on any atom is 0.243 e. The van der Waals surface area contributed by atoms with Gasteiger partial charge in [-0.05, 0) is 30.2 Å². The van der Waals surface area contributed by atoms with Crippen LogP contribution >= 0.6 is 28.3 Å². The lowest BCUT2D eigenvalue weighted by Crippen LogP contribution is -2.32. The van der Waals surface area contributed by atoms with Crippen LogP contribution in [-0.2, 0) is 10.0 Å². The molecule has 2 atom stereocenters. The number of hydrogen-bond acceptors (Lipinski definition) is 3. The molecule has 0 aliphatic carbocycles. The molecule has 0 saturated carbocycles. The Kier molecular flexibility index (Phi) is 6.09. The Bertz CT molecular complexity index is 815. The van der Waals surface area contributed by atoms with Gasteiger partial charge < -0.3 is 5.73 Å². The summed E-state index contributed by atoms with van der Waals surface area (Å²) < 4.78 is 28.3. The molecule has 0 aromatic heterocycles. The summed E-state index contributed by atoms with van der Waals surface area (Å²) in [5.74, 6) is 0.0263. The average molecular weight is 432 g/mol. The number of sulfonamides is 1. The summed E-state index contributed by atoms with van der Waals surface area (Å²) in [5, 5.41) is 0. The second-order valence-electron chi connectivity index (χ2n) is 5.87. The molecule has 4 nitrogen and oxygen atoms in total. The van der Waals surface area contributed by atoms with Crippen LogP contribution in [0.4, 0.5) is 0 Å². The standard InChI is InChI=1S/C17H19BrN2O2S.ClH/c1-12-15(18)8-5-9-17(12)23(21,22)20-10-14(16(19)11-20)13-6-3-2-4-7-13;/h2-9,14,16H,10-11,19H2,1H3;1H/t14-,16+;/m0./s1. The van der Waals surface area contributed by atoms with Crippen LogP contribution in [0.5, 0.6) is 0 Å². The fourth-order valence-electron chi connectivity index (χ4n) is 3.05. The zero-order valence-electron chi connectivity index (χ0n) is 13.2. The van der Waals surface area contributed by atoms with E-state index in [2.05, 4.69) is 15.9 Å². The summed E-state index contributed by atoms with van der Waals surface area (Å²) in [6, 6.07) is 14.9. The minimum atomic E-state index is -3.54. The second-order valence-corrected chi connectivity index (χ2v) is 8.63. The third-order valence-corrected chi connectivity index (χ3v) is 7.23. The van der Waals surface area contributed by atoms with Gasteiger partial charge in [0.05, 0.1) is 4.90 Å². The van der Waals surface area contributed by atoms with E-state index in [1.54, 1.807) is 12.1 Å². The highest BCUT2D eigenvalue weighted by Crippen LogP contribution is 2.32. The Labute approximate surface area is 157 Å². The molecule has 0 radical (unpaired) electrons. The van der Waals surface area contributed by atoms with E-state index < -0.39 is 10.0 Å². The van der Waals surface area contributed by atoms with Crippen molar-refractivity contribution >= 4 is 38.4 Å². The third-order valence-electron chi connectivity index (χ3n) is 4.40. The number of nitrogens with two attached hydrogens (primary N) is 1. The van der Waals surface area contributed by atoms with Crippen molar-refractivity contribution in [3.63, 3.8) is 0 Å². The third kappa shape index (κ3) is 3.53. The lowest BCUT2D eigenvalue weighted by Gasteiger charge is -2.18. The van der Waals surface area contributed by atoms with Gasteiger partial charge in [0.1, 0.15) is 0 Å². The van der Waals surface area contributed by atoms with Crippen LogP contribution in [0, 0.1) is 6.92 Å². The molecule has 7 heteroatoms. The second kappa shape index (κ2) is 7.54. The van der Waals surface area contributed by atoms with Gasteiger partial charge in [0.25, 0.3) is 0 Å². The highest BCUT2D eigenvalue weighted by molar-refractivity contribution is 9.10. The minimum absolute atomic E-state index is 0. The normalized spacial score (nSPS) is 21.5. The molecule has 0 spiro atoms. The molecule has 0 amide bonds. The molecule has 3 rings (SSSR count). The molecule has 1 heterocycles. The molecule has 2 N–H and O–H groups in total. The number of nitrogens with zero attached hydrogens (tertiary/aromatic N) is 1. The quantitative estimate of drug-likeness (QED) is 0.811. The smallest absolute Gasteiger partial charge is 0.243 e. The van der Waals surface area contributed by atoms with Gasteiger partial charge in [-0.25, -0.2) is 8.42 Å². The van der Waals surface area contributed by atoms with Crippen LogP contribution < -0.4 is 5.73 Å². The molecule has 1 aliphatic rings. The lowest BCUT2D eigenvalue weighted by atomic mass is 9.95. The van der Waals surface area contributed by atoms with Crippen LogP contribution in [0.1, 0.15) is 17.0 Å². The predicted molar refractivity (Wildman–Crippen MR) is 102 cm³/mol. The van der Waals surface area contributed by atoms with Gasteiger partial charge in [0.2, 0.25) is 10.0 Å². The van der Waals surface area contributed by atoms with Gasteiger partial charge in [-0.2, -0.15) is 4.31 Å². The van der Waals surface area contributed by atoms with E-state index in [0.29, 0.717) is 18.0 Å². The Hall–Kier alpha value is -0.920. The monoisotopic (exact) mass is 430 g/mol. The first-order valence-electron chi connectivity index (χ1n) is 7.47. The van der Waals surface area contributed by atoms with E-state index in [1.165, 1.54) is 4.31 Å². The Balaban J connectivity index is 0.00000208. The van der Waals surface area contributed by atoms with Gasteiger partial charge in [0, 0.05) is 29.5 Å². The molecule has 24 heavy (non-hydrogen) atoms. The largest absolute Gasteiger partial charge is 0.326 e. The first-order valence-corrected chi connectivity index (χ1v) is 9.70. The number of halogens is 2. The van der Waals surface area contributed by atoms with Crippen LogP contribution in [0.15, 0.2) is 57.9 Å². The van der Waals surface area contributed by atoms with Crippen molar-refractivity contribution in [2.45, 2.75) is 23.8 Å². The molecule has 2 aromatic carbocycles. The highest BCUT2D eigenvalue weighted by atomic mass is 79.9. The molecule has 1 aliphatic heterocycles. The number of benzene rings is 2. The maximum atomic E-state index is 13.0. The molecule has 130 valence electrons. The first kappa shape index (κ1) is 19.4. The Morgan fingerprint density at radius 2 is 1.75 bits per heavy atom. The van der Waals surface area contributed by atoms with Crippen molar-refractivity contribution in [1.29, 1.82) is 0 Å². The van der Waals surface area contributed by atoms with E-state index in [0.717, 1.165) is 15.6 Å². The van der Waals surface area contributed by atoms with Crippen molar-refractivity contribution < 1.29 is 8.42 Å². The lowest BCUT2D eigenvalue weighted by molar-refractivity contribution is 0.469. The van der Waals surface area contributed by atoms with E-state index in [1.807, 2.05) is 43.3 Å². The maximum absolute atomic E-state index is 13.0. The summed E-state index contributed by atoms with van der Waals surface area (Å²) >= 11 is 3.40. The Morgan fingerprint density at radius 3 is 2.42 bits per heavy atom. The van der Waals surface area contributed by atoms with Crippen molar-refractivity contribution in [2.75, 3.05) is 13.1 Å². The van der Waals surface area contributed by atoms with Crippen molar-refractivity contribution in [3.8, 4) is 0 Å². The SMILES string of the molecule is Cc1c(Br)cccc1S(=O)(=O)N1C[C@@H](N)[C@H](c2ccccc2)C1.Cl. The highest BCUT2D eigenvalue weighted by Gasteiger charge is 2.38. The van der Waals surface area contributed by atoms with Gasteiger partial charge >= 0.3 is 0 Å². The first-order chi connectivity index (χ1) is 10.9. The van der Waals surface area contributed by atoms with E-state index in [4.69, 9.17) is 5.73 Å². The predicted octanol–water partition coefficient (Wildman–Crippen LogP) is 3.29. The van der Waals surface area contributed by atoms with Crippen molar-refractivity contribution in [2.24, 2.45) is 5.73 Å². The summed E-state index contributed by atoms with van der Waals surface area (Å²) in [5.41, 5.74) is 8.04. The number of hydrogen-bond donors (Lipinski definition) is 1. The summed E-state index contributed by atoms with van der Waals surface area (Å²) in [7, 11) is -3.54. The Morgan fingerprint density at radius 1 is 1.08 bits per heavy atom. The van der Waals surface area contributed by atoms with Crippen LogP contribution in [0.2, 0.25) is 0 Å². The van der Waals surface area contributed by atoms with Gasteiger partial charge in [-0.15, -0.1) is 12.4 Å². The zero-order valence-corrected chi connectivity index (χ0v) is 16.4. The van der Waals surface area contributed by atoms with Gasteiger partial charge in [-0.1, -0.05) is 52.3 Å². The summed E-state index contributed by atoms with van der Waals surface area (Å²) in [4.78, 5) is 0.341. The fourth-order valence-corrected chi connectivity index (χ4v) is 5.30. The zero-order chi connectivity index (χ0) is 16.6. The molecular formula is C17H20BrClN2O2S. The number of rotatable bonds is 3. The van der Waals surface area contributed by atoms with E-state index in [-0.39, 0.29) is 24.4 Å². The van der Waals surface area contributed by atoms with Crippen LogP contribution in [0.25, 0.3) is 0 Å². The van der Waals surface area contributed by atoms with E-state index in [9.17, 15) is 8.42 Å². The summed E-state index contributed by atoms with van der Waals surface area (Å²) in [6.45, 7) is 2.56. The molecule has 2 aromatic rings.